The zero-order valence-corrected chi connectivity index (χ0v) is 20.5. The number of hydrogen-bond acceptors (Lipinski definition) is 7. The summed E-state index contributed by atoms with van der Waals surface area (Å²) in [6, 6.07) is 7.49. The average molecular weight is 510 g/mol. The minimum Gasteiger partial charge on any atom is -0.480 e. The number of aliphatic hydroxyl groups is 1. The molecule has 2 aromatic rings. The van der Waals surface area contributed by atoms with Crippen molar-refractivity contribution in [2.75, 3.05) is 25.0 Å². The molecule has 0 fully saturated rings. The second-order valence-corrected chi connectivity index (χ2v) is 9.24. The van der Waals surface area contributed by atoms with Crippen molar-refractivity contribution in [2.45, 2.75) is 45.1 Å². The number of aryl methyl sites for hydroxylation is 2. The third-order valence-corrected chi connectivity index (χ3v) is 6.37. The largest absolute Gasteiger partial charge is 0.480 e. The standard InChI is InChI=1S/C24H29Cl2N3O5/c1-15(7-9-17-10-8-16-4-3-12-27-22(16)28-17)14-29(20(11-13-30)23(31)32)34-24(33)21-18(25)5-2-6-19(21)26/h2,5-6,8,10,15,20,30H,3-4,7,9,11-14H2,1H3,(H,27,28)(H,31,32)/t15-,20-/m1/s1. The van der Waals surface area contributed by atoms with Gasteiger partial charge in [0.15, 0.2) is 0 Å². The van der Waals surface area contributed by atoms with E-state index in [-0.39, 0.29) is 41.1 Å². The fraction of sp³-hybridized carbons (Fsp3) is 0.458. The van der Waals surface area contributed by atoms with Crippen molar-refractivity contribution in [3.05, 3.63) is 57.2 Å². The van der Waals surface area contributed by atoms with E-state index in [2.05, 4.69) is 11.4 Å². The second kappa shape index (κ2) is 12.4. The van der Waals surface area contributed by atoms with E-state index in [4.69, 9.17) is 33.0 Å². The predicted octanol–water partition coefficient (Wildman–Crippen LogP) is 4.22. The molecule has 0 saturated carbocycles. The first kappa shape index (κ1) is 26.2. The topological polar surface area (TPSA) is 112 Å². The van der Waals surface area contributed by atoms with Crippen LogP contribution in [-0.2, 0) is 22.5 Å². The number of nitrogens with one attached hydrogen (secondary N) is 1. The highest BCUT2D eigenvalue weighted by atomic mass is 35.5. The molecule has 0 amide bonds. The summed E-state index contributed by atoms with van der Waals surface area (Å²) in [6.07, 6.45) is 3.38. The SMILES string of the molecule is C[C@H](CCc1ccc2c(n1)NCCC2)CN(OC(=O)c1c(Cl)cccc1Cl)[C@H](CCO)C(=O)O. The van der Waals surface area contributed by atoms with Gasteiger partial charge in [-0.25, -0.2) is 9.78 Å². The number of hydroxylamine groups is 2. The van der Waals surface area contributed by atoms with E-state index in [1.165, 1.54) is 17.7 Å². The molecule has 0 saturated heterocycles. The number of fused-ring (bicyclic) bond motifs is 1. The predicted molar refractivity (Wildman–Crippen MR) is 130 cm³/mol. The van der Waals surface area contributed by atoms with Gasteiger partial charge in [-0.05, 0) is 61.8 Å². The molecular weight excluding hydrogens is 481 g/mol. The molecule has 1 aromatic carbocycles. The molecule has 0 spiro atoms. The summed E-state index contributed by atoms with van der Waals surface area (Å²) in [5, 5.41) is 23.7. The number of aliphatic hydroxyl groups excluding tert-OH is 1. The molecule has 0 bridgehead atoms. The molecule has 2 heterocycles. The number of anilines is 1. The van der Waals surface area contributed by atoms with Gasteiger partial charge >= 0.3 is 11.9 Å². The lowest BCUT2D eigenvalue weighted by molar-refractivity contribution is -0.176. The van der Waals surface area contributed by atoms with Crippen LogP contribution in [0.25, 0.3) is 0 Å². The average Bonchev–Trinajstić information content (AvgIpc) is 2.80. The molecule has 0 radical (unpaired) electrons. The van der Waals surface area contributed by atoms with E-state index >= 15 is 0 Å². The molecule has 1 aromatic heterocycles. The van der Waals surface area contributed by atoms with Gasteiger partial charge in [-0.15, -0.1) is 5.06 Å². The zero-order valence-electron chi connectivity index (χ0n) is 19.0. The summed E-state index contributed by atoms with van der Waals surface area (Å²) in [5.74, 6) is -1.17. The fourth-order valence-electron chi connectivity index (χ4n) is 3.89. The smallest absolute Gasteiger partial charge is 0.360 e. The van der Waals surface area contributed by atoms with Crippen LogP contribution >= 0.6 is 23.2 Å². The van der Waals surface area contributed by atoms with Crippen molar-refractivity contribution >= 4 is 41.0 Å². The van der Waals surface area contributed by atoms with E-state index in [0.717, 1.165) is 36.0 Å². The molecule has 3 N–H and O–H groups in total. The maximum atomic E-state index is 12.8. The molecule has 34 heavy (non-hydrogen) atoms. The van der Waals surface area contributed by atoms with Crippen LogP contribution in [0.1, 0.15) is 47.8 Å². The lowest BCUT2D eigenvalue weighted by Gasteiger charge is -2.29. The normalized spacial score (nSPS) is 14.7. The first-order valence-electron chi connectivity index (χ1n) is 11.3. The van der Waals surface area contributed by atoms with Crippen molar-refractivity contribution in [2.24, 2.45) is 5.92 Å². The Balaban J connectivity index is 1.70. The quantitative estimate of drug-likeness (QED) is 0.386. The fourth-order valence-corrected chi connectivity index (χ4v) is 4.44. The molecule has 0 aliphatic carbocycles. The first-order valence-corrected chi connectivity index (χ1v) is 12.0. The van der Waals surface area contributed by atoms with Crippen molar-refractivity contribution in [1.82, 2.24) is 10.0 Å². The molecule has 1 aliphatic heterocycles. The van der Waals surface area contributed by atoms with Crippen LogP contribution in [0, 0.1) is 5.92 Å². The van der Waals surface area contributed by atoms with Crippen LogP contribution in [0.15, 0.2) is 30.3 Å². The summed E-state index contributed by atoms with van der Waals surface area (Å²) in [6.45, 7) is 2.63. The number of hydrogen-bond donors (Lipinski definition) is 3. The van der Waals surface area contributed by atoms with Gasteiger partial charge in [0.05, 0.1) is 15.6 Å². The number of aromatic nitrogens is 1. The lowest BCUT2D eigenvalue weighted by atomic mass is 10.0. The highest BCUT2D eigenvalue weighted by molar-refractivity contribution is 6.39. The molecule has 8 nitrogen and oxygen atoms in total. The number of aliphatic carboxylic acids is 1. The summed E-state index contributed by atoms with van der Waals surface area (Å²) in [4.78, 5) is 34.9. The minimum absolute atomic E-state index is 0.0395. The number of pyridine rings is 1. The molecule has 1 aliphatic rings. The van der Waals surface area contributed by atoms with Crippen molar-refractivity contribution in [3.8, 4) is 0 Å². The third kappa shape index (κ3) is 6.82. The van der Waals surface area contributed by atoms with Crippen molar-refractivity contribution < 1.29 is 24.6 Å². The Morgan fingerprint density at radius 3 is 2.62 bits per heavy atom. The number of carbonyl (C=O) groups excluding carboxylic acids is 1. The number of rotatable bonds is 11. The Labute approximate surface area is 208 Å². The maximum Gasteiger partial charge on any atom is 0.360 e. The molecule has 10 heteroatoms. The van der Waals surface area contributed by atoms with Gasteiger partial charge in [-0.3, -0.25) is 4.79 Å². The molecular formula is C24H29Cl2N3O5. The summed E-state index contributed by atoms with van der Waals surface area (Å²) >= 11 is 12.2. The zero-order chi connectivity index (χ0) is 24.7. The van der Waals surface area contributed by atoms with Crippen molar-refractivity contribution in [1.29, 1.82) is 0 Å². The summed E-state index contributed by atoms with van der Waals surface area (Å²) in [7, 11) is 0. The molecule has 2 atom stereocenters. The van der Waals surface area contributed by atoms with E-state index in [9.17, 15) is 19.8 Å². The lowest BCUT2D eigenvalue weighted by Crippen LogP contribution is -2.45. The Morgan fingerprint density at radius 2 is 1.94 bits per heavy atom. The number of carbonyl (C=O) groups is 2. The van der Waals surface area contributed by atoms with Crippen LogP contribution in [0.3, 0.4) is 0 Å². The first-order chi connectivity index (χ1) is 16.3. The van der Waals surface area contributed by atoms with Gasteiger partial charge in [-0.1, -0.05) is 42.3 Å². The monoisotopic (exact) mass is 509 g/mol. The highest BCUT2D eigenvalue weighted by Crippen LogP contribution is 2.26. The van der Waals surface area contributed by atoms with E-state index in [1.807, 2.05) is 13.0 Å². The van der Waals surface area contributed by atoms with Crippen LogP contribution in [0.5, 0.6) is 0 Å². The number of halogens is 2. The van der Waals surface area contributed by atoms with Crippen molar-refractivity contribution in [3.63, 3.8) is 0 Å². The Morgan fingerprint density at radius 1 is 1.21 bits per heavy atom. The number of carboxylic acid groups (broad SMARTS) is 1. The van der Waals surface area contributed by atoms with Crippen LogP contribution in [0.2, 0.25) is 10.0 Å². The molecule has 3 rings (SSSR count). The Hall–Kier alpha value is -2.39. The Kier molecular flexibility index (Phi) is 9.53. The van der Waals surface area contributed by atoms with Gasteiger partial charge in [0.1, 0.15) is 11.9 Å². The summed E-state index contributed by atoms with van der Waals surface area (Å²) < 4.78 is 0. The third-order valence-electron chi connectivity index (χ3n) is 5.74. The van der Waals surface area contributed by atoms with Gasteiger partial charge in [-0.2, -0.15) is 0 Å². The maximum absolute atomic E-state index is 12.8. The molecule has 0 unspecified atom stereocenters. The van der Waals surface area contributed by atoms with E-state index < -0.39 is 18.0 Å². The number of nitrogens with zero attached hydrogens (tertiary/aromatic N) is 2. The van der Waals surface area contributed by atoms with Crippen LogP contribution in [-0.4, -0.2) is 57.9 Å². The molecule has 184 valence electrons. The van der Waals surface area contributed by atoms with Crippen LogP contribution < -0.4 is 5.32 Å². The minimum atomic E-state index is -1.22. The Bertz CT molecular complexity index is 1000. The van der Waals surface area contributed by atoms with E-state index in [0.29, 0.717) is 12.8 Å². The van der Waals surface area contributed by atoms with Gasteiger partial charge in [0, 0.05) is 25.4 Å². The summed E-state index contributed by atoms with van der Waals surface area (Å²) in [5.41, 5.74) is 2.12. The number of benzene rings is 1. The highest BCUT2D eigenvalue weighted by Gasteiger charge is 2.31. The second-order valence-electron chi connectivity index (χ2n) is 8.43. The van der Waals surface area contributed by atoms with Gasteiger partial charge in [0.25, 0.3) is 0 Å². The van der Waals surface area contributed by atoms with E-state index in [1.54, 1.807) is 6.07 Å². The van der Waals surface area contributed by atoms with Gasteiger partial charge < -0.3 is 20.4 Å². The van der Waals surface area contributed by atoms with Crippen LogP contribution in [0.4, 0.5) is 5.82 Å². The number of carboxylic acids is 1. The van der Waals surface area contributed by atoms with Gasteiger partial charge in [0.2, 0.25) is 0 Å².